The van der Waals surface area contributed by atoms with E-state index in [0.717, 1.165) is 0 Å². The number of benzene rings is 1. The van der Waals surface area contributed by atoms with Crippen LogP contribution in [-0.2, 0) is 4.74 Å². The lowest BCUT2D eigenvalue weighted by Gasteiger charge is -2.12. The molecule has 134 valence electrons. The summed E-state index contributed by atoms with van der Waals surface area (Å²) in [5.41, 5.74) is 0.503. The highest BCUT2D eigenvalue weighted by Gasteiger charge is 2.10. The minimum atomic E-state index is 0.120. The summed E-state index contributed by atoms with van der Waals surface area (Å²) >= 11 is 23.3. The van der Waals surface area contributed by atoms with Gasteiger partial charge in [-0.3, -0.25) is 0 Å². The van der Waals surface area contributed by atoms with Gasteiger partial charge in [0.2, 0.25) is 0 Å². The molecule has 1 aromatic rings. The summed E-state index contributed by atoms with van der Waals surface area (Å²) < 4.78 is 16.4. The van der Waals surface area contributed by atoms with Crippen LogP contribution in [-0.4, -0.2) is 37.3 Å². The van der Waals surface area contributed by atoms with Gasteiger partial charge in [-0.1, -0.05) is 51.6 Å². The van der Waals surface area contributed by atoms with Crippen LogP contribution >= 0.6 is 46.4 Å². The smallest absolute Gasteiger partial charge is 0.156 e. The van der Waals surface area contributed by atoms with Gasteiger partial charge in [0, 0.05) is 18.6 Å². The molecule has 0 atom stereocenters. The molecule has 0 spiro atoms. The van der Waals surface area contributed by atoms with Crippen molar-refractivity contribution in [2.45, 2.75) is 13.3 Å². The molecule has 0 saturated carbocycles. The van der Waals surface area contributed by atoms with Crippen LogP contribution in [0.4, 0.5) is 0 Å². The minimum Gasteiger partial charge on any atom is -0.490 e. The van der Waals surface area contributed by atoms with Gasteiger partial charge >= 0.3 is 0 Å². The standard InChI is InChI=1S/C15H17Cl4NO4/c1-10(20-21)9-22-4-2-5-24-15-12(16)7-11(8-13(15)17)23-6-3-14(18)19/h3,7-8,21H,2,4-6,9H2,1H3. The van der Waals surface area contributed by atoms with Crippen LogP contribution < -0.4 is 9.47 Å². The topological polar surface area (TPSA) is 60.3 Å². The number of hydrogen-bond donors (Lipinski definition) is 1. The van der Waals surface area contributed by atoms with Crippen LogP contribution in [0.1, 0.15) is 13.3 Å². The summed E-state index contributed by atoms with van der Waals surface area (Å²) in [6.45, 7) is 2.96. The summed E-state index contributed by atoms with van der Waals surface area (Å²) in [6.07, 6.45) is 2.13. The van der Waals surface area contributed by atoms with Crippen molar-refractivity contribution in [1.82, 2.24) is 0 Å². The molecule has 1 N–H and O–H groups in total. The van der Waals surface area contributed by atoms with Gasteiger partial charge in [-0.05, 0) is 13.0 Å². The summed E-state index contributed by atoms with van der Waals surface area (Å²) in [5.74, 6) is 0.856. The third kappa shape index (κ3) is 8.31. The molecule has 1 rings (SSSR count). The van der Waals surface area contributed by atoms with E-state index in [1.54, 1.807) is 19.1 Å². The van der Waals surface area contributed by atoms with Gasteiger partial charge in [0.25, 0.3) is 0 Å². The predicted molar refractivity (Wildman–Crippen MR) is 97.6 cm³/mol. The third-order valence-corrected chi connectivity index (χ3v) is 3.49. The Morgan fingerprint density at radius 1 is 1.17 bits per heavy atom. The number of nitrogens with zero attached hydrogens (tertiary/aromatic N) is 1. The lowest BCUT2D eigenvalue weighted by atomic mass is 10.3. The Morgan fingerprint density at radius 3 is 2.42 bits per heavy atom. The monoisotopic (exact) mass is 415 g/mol. The predicted octanol–water partition coefficient (Wildman–Crippen LogP) is 5.33. The van der Waals surface area contributed by atoms with Gasteiger partial charge in [-0.15, -0.1) is 0 Å². The molecule has 0 aliphatic rings. The SMILES string of the molecule is CC(COCCCOc1c(Cl)cc(OCC=C(Cl)Cl)cc1Cl)=NO. The Labute approximate surface area is 160 Å². The van der Waals surface area contributed by atoms with Crippen LogP contribution in [0.25, 0.3) is 0 Å². The van der Waals surface area contributed by atoms with E-state index in [-0.39, 0.29) is 17.7 Å². The summed E-state index contributed by atoms with van der Waals surface area (Å²) in [6, 6.07) is 3.19. The molecule has 0 aromatic heterocycles. The molecule has 24 heavy (non-hydrogen) atoms. The van der Waals surface area contributed by atoms with E-state index >= 15 is 0 Å². The average Bonchev–Trinajstić information content (AvgIpc) is 2.52. The van der Waals surface area contributed by atoms with E-state index < -0.39 is 0 Å². The number of oxime groups is 1. The van der Waals surface area contributed by atoms with Crippen molar-refractivity contribution in [3.05, 3.63) is 32.7 Å². The summed E-state index contributed by atoms with van der Waals surface area (Å²) in [7, 11) is 0. The normalized spacial score (nSPS) is 11.3. The maximum Gasteiger partial charge on any atom is 0.156 e. The molecule has 9 heteroatoms. The number of ether oxygens (including phenoxy) is 3. The van der Waals surface area contributed by atoms with E-state index in [4.69, 9.17) is 65.8 Å². The third-order valence-electron chi connectivity index (χ3n) is 2.62. The molecule has 5 nitrogen and oxygen atoms in total. The zero-order valence-electron chi connectivity index (χ0n) is 12.9. The Kier molecular flexibility index (Phi) is 10.3. The van der Waals surface area contributed by atoms with E-state index in [2.05, 4.69) is 5.16 Å². The fourth-order valence-electron chi connectivity index (χ4n) is 1.54. The van der Waals surface area contributed by atoms with Gasteiger partial charge in [0.05, 0.1) is 35.6 Å². The molecule has 0 aliphatic carbocycles. The highest BCUT2D eigenvalue weighted by molar-refractivity contribution is 6.55. The second-order valence-electron chi connectivity index (χ2n) is 4.61. The first kappa shape index (κ1) is 21.2. The quantitative estimate of drug-likeness (QED) is 0.242. The summed E-state index contributed by atoms with van der Waals surface area (Å²) in [4.78, 5) is 0. The molecule has 0 heterocycles. The molecule has 0 bridgehead atoms. The van der Waals surface area contributed by atoms with Crippen molar-refractivity contribution < 1.29 is 19.4 Å². The fraction of sp³-hybridized carbons (Fsp3) is 0.400. The molecule has 0 amide bonds. The first-order chi connectivity index (χ1) is 11.4. The molecule has 0 fully saturated rings. The van der Waals surface area contributed by atoms with E-state index in [9.17, 15) is 0 Å². The minimum absolute atomic E-state index is 0.120. The molecule has 0 saturated heterocycles. The molecule has 0 aliphatic heterocycles. The Balaban J connectivity index is 2.44. The fourth-order valence-corrected chi connectivity index (χ4v) is 2.24. The van der Waals surface area contributed by atoms with Gasteiger partial charge < -0.3 is 19.4 Å². The molecular formula is C15H17Cl4NO4. The lowest BCUT2D eigenvalue weighted by Crippen LogP contribution is -2.08. The maximum absolute atomic E-state index is 8.48. The number of halogens is 4. The van der Waals surface area contributed by atoms with Gasteiger partial charge in [-0.25, -0.2) is 0 Å². The lowest BCUT2D eigenvalue weighted by molar-refractivity contribution is 0.148. The second kappa shape index (κ2) is 11.7. The van der Waals surface area contributed by atoms with Crippen molar-refractivity contribution in [2.75, 3.05) is 26.4 Å². The highest BCUT2D eigenvalue weighted by atomic mass is 35.5. The number of hydrogen-bond acceptors (Lipinski definition) is 5. The Morgan fingerprint density at radius 2 is 1.83 bits per heavy atom. The van der Waals surface area contributed by atoms with Crippen molar-refractivity contribution in [2.24, 2.45) is 5.16 Å². The largest absolute Gasteiger partial charge is 0.490 e. The van der Waals surface area contributed by atoms with Crippen molar-refractivity contribution in [3.8, 4) is 11.5 Å². The molecular weight excluding hydrogens is 400 g/mol. The first-order valence-electron chi connectivity index (χ1n) is 6.95. The Bertz CT molecular complexity index is 566. The molecule has 0 radical (unpaired) electrons. The zero-order chi connectivity index (χ0) is 17.9. The average molecular weight is 417 g/mol. The van der Waals surface area contributed by atoms with Crippen LogP contribution in [0, 0.1) is 0 Å². The van der Waals surface area contributed by atoms with Gasteiger partial charge in [0.1, 0.15) is 16.8 Å². The van der Waals surface area contributed by atoms with Crippen molar-refractivity contribution in [3.63, 3.8) is 0 Å². The first-order valence-corrected chi connectivity index (χ1v) is 8.46. The maximum atomic E-state index is 8.48. The van der Waals surface area contributed by atoms with Crippen LogP contribution in [0.3, 0.4) is 0 Å². The number of rotatable bonds is 10. The second-order valence-corrected chi connectivity index (χ2v) is 6.43. The van der Waals surface area contributed by atoms with Crippen LogP contribution in [0.5, 0.6) is 11.5 Å². The van der Waals surface area contributed by atoms with Crippen molar-refractivity contribution >= 4 is 52.1 Å². The van der Waals surface area contributed by atoms with E-state index in [0.29, 0.717) is 46.9 Å². The van der Waals surface area contributed by atoms with Crippen molar-refractivity contribution in [1.29, 1.82) is 0 Å². The van der Waals surface area contributed by atoms with Crippen LogP contribution in [0.15, 0.2) is 27.9 Å². The highest BCUT2D eigenvalue weighted by Crippen LogP contribution is 2.37. The molecule has 0 unspecified atom stereocenters. The Hall–Kier alpha value is -0.850. The zero-order valence-corrected chi connectivity index (χ0v) is 15.9. The van der Waals surface area contributed by atoms with E-state index in [1.165, 1.54) is 6.08 Å². The summed E-state index contributed by atoms with van der Waals surface area (Å²) in [5, 5.41) is 12.2. The van der Waals surface area contributed by atoms with Gasteiger partial charge in [-0.2, -0.15) is 0 Å². The van der Waals surface area contributed by atoms with Crippen LogP contribution in [0.2, 0.25) is 10.0 Å². The van der Waals surface area contributed by atoms with Gasteiger partial charge in [0.15, 0.2) is 5.75 Å². The van der Waals surface area contributed by atoms with E-state index in [1.807, 2.05) is 0 Å². The molecule has 1 aromatic carbocycles.